The first-order chi connectivity index (χ1) is 12.1. The van der Waals surface area contributed by atoms with Crippen molar-refractivity contribution in [3.05, 3.63) is 70.5 Å². The summed E-state index contributed by atoms with van der Waals surface area (Å²) >= 11 is 0. The molecule has 2 aromatic carbocycles. The van der Waals surface area contributed by atoms with Crippen molar-refractivity contribution in [1.82, 2.24) is 9.47 Å². The van der Waals surface area contributed by atoms with Crippen LogP contribution < -0.4 is 5.76 Å². The maximum atomic E-state index is 13.9. The molecule has 1 aliphatic rings. The highest BCUT2D eigenvalue weighted by molar-refractivity contribution is 5.79. The van der Waals surface area contributed by atoms with Crippen molar-refractivity contribution in [3.8, 4) is 0 Å². The van der Waals surface area contributed by atoms with Crippen LogP contribution in [0.1, 0.15) is 17.9 Å². The smallest absolute Gasteiger partial charge is 0.408 e. The van der Waals surface area contributed by atoms with E-state index in [1.165, 1.54) is 10.6 Å². The van der Waals surface area contributed by atoms with Crippen LogP contribution in [0.15, 0.2) is 57.7 Å². The second-order valence-corrected chi connectivity index (χ2v) is 6.27. The van der Waals surface area contributed by atoms with Crippen LogP contribution in [-0.2, 0) is 11.3 Å². The molecule has 0 aliphatic carbocycles. The van der Waals surface area contributed by atoms with E-state index in [0.717, 1.165) is 0 Å². The average Bonchev–Trinajstić information content (AvgIpc) is 3.21. The third kappa shape index (κ3) is 2.84. The molecule has 1 saturated heterocycles. The van der Waals surface area contributed by atoms with Gasteiger partial charge in [0.2, 0.25) is 5.91 Å². The van der Waals surface area contributed by atoms with E-state index in [1.807, 2.05) is 0 Å². The van der Waals surface area contributed by atoms with Gasteiger partial charge in [-0.15, -0.1) is 0 Å². The van der Waals surface area contributed by atoms with E-state index in [2.05, 4.69) is 0 Å². The number of oxazole rings is 1. The predicted octanol–water partition coefficient (Wildman–Crippen LogP) is 2.75. The number of hydrogen-bond acceptors (Lipinski definition) is 3. The van der Waals surface area contributed by atoms with E-state index in [9.17, 15) is 14.0 Å². The van der Waals surface area contributed by atoms with Gasteiger partial charge in [-0.3, -0.25) is 9.36 Å². The first-order valence-corrected chi connectivity index (χ1v) is 8.24. The summed E-state index contributed by atoms with van der Waals surface area (Å²) in [5, 5.41) is 0. The minimum Gasteiger partial charge on any atom is -0.408 e. The normalized spacial score (nSPS) is 17.3. The summed E-state index contributed by atoms with van der Waals surface area (Å²) < 4.78 is 20.4. The molecule has 0 saturated carbocycles. The zero-order valence-corrected chi connectivity index (χ0v) is 13.5. The first-order valence-electron chi connectivity index (χ1n) is 8.24. The van der Waals surface area contributed by atoms with Crippen LogP contribution in [-0.4, -0.2) is 28.5 Å². The van der Waals surface area contributed by atoms with Crippen molar-refractivity contribution >= 4 is 17.0 Å². The molecule has 5 nitrogen and oxygen atoms in total. The summed E-state index contributed by atoms with van der Waals surface area (Å²) in [6.45, 7) is 0.951. The monoisotopic (exact) mass is 340 g/mol. The molecule has 6 heteroatoms. The summed E-state index contributed by atoms with van der Waals surface area (Å²) in [4.78, 5) is 26.3. The summed E-state index contributed by atoms with van der Waals surface area (Å²) in [6, 6.07) is 13.7. The van der Waals surface area contributed by atoms with E-state index in [4.69, 9.17) is 4.42 Å². The molecule has 3 aromatic rings. The molecule has 0 bridgehead atoms. The maximum Gasteiger partial charge on any atom is 0.420 e. The number of para-hydroxylation sites is 2. The lowest BCUT2D eigenvalue weighted by Crippen LogP contribution is -2.34. The fourth-order valence-electron chi connectivity index (χ4n) is 3.45. The Bertz CT molecular complexity index is 991. The Labute approximate surface area is 143 Å². The van der Waals surface area contributed by atoms with Gasteiger partial charge in [0.15, 0.2) is 5.58 Å². The van der Waals surface area contributed by atoms with Crippen molar-refractivity contribution in [1.29, 1.82) is 0 Å². The Morgan fingerprint density at radius 1 is 1.16 bits per heavy atom. The summed E-state index contributed by atoms with van der Waals surface area (Å²) in [7, 11) is 0. The van der Waals surface area contributed by atoms with Gasteiger partial charge in [-0.25, -0.2) is 9.18 Å². The number of carbonyl (C=O) groups excluding carboxylic acids is 1. The molecule has 2 heterocycles. The zero-order chi connectivity index (χ0) is 17.4. The fraction of sp³-hybridized carbons (Fsp3) is 0.263. The van der Waals surface area contributed by atoms with Gasteiger partial charge in [0.25, 0.3) is 0 Å². The van der Waals surface area contributed by atoms with Gasteiger partial charge < -0.3 is 9.32 Å². The number of amides is 1. The van der Waals surface area contributed by atoms with E-state index in [0.29, 0.717) is 36.2 Å². The SMILES string of the molecule is O=C(Cn1c(=O)oc2ccccc21)N1CC[C@@H](c2ccccc2F)C1. The number of rotatable bonds is 3. The number of nitrogens with zero attached hydrogens (tertiary/aromatic N) is 2. The van der Waals surface area contributed by atoms with Crippen LogP contribution in [0, 0.1) is 5.82 Å². The molecule has 25 heavy (non-hydrogen) atoms. The first kappa shape index (κ1) is 15.6. The topological polar surface area (TPSA) is 55.5 Å². The van der Waals surface area contributed by atoms with E-state index >= 15 is 0 Å². The maximum absolute atomic E-state index is 13.9. The van der Waals surface area contributed by atoms with Crippen LogP contribution in [0.5, 0.6) is 0 Å². The quantitative estimate of drug-likeness (QED) is 0.737. The van der Waals surface area contributed by atoms with Crippen LogP contribution in [0.25, 0.3) is 11.1 Å². The van der Waals surface area contributed by atoms with Crippen LogP contribution >= 0.6 is 0 Å². The number of likely N-dealkylation sites (tertiary alicyclic amines) is 1. The minimum absolute atomic E-state index is 0.0111. The molecule has 128 valence electrons. The molecule has 1 aliphatic heterocycles. The molecule has 0 spiro atoms. The molecule has 4 rings (SSSR count). The predicted molar refractivity (Wildman–Crippen MR) is 90.8 cm³/mol. The third-order valence-corrected chi connectivity index (χ3v) is 4.75. The Kier molecular flexibility index (Phi) is 3.87. The molecule has 0 radical (unpaired) electrons. The van der Waals surface area contributed by atoms with Crippen molar-refractivity contribution in [2.24, 2.45) is 0 Å². The van der Waals surface area contributed by atoms with Crippen molar-refractivity contribution < 1.29 is 13.6 Å². The van der Waals surface area contributed by atoms with Crippen LogP contribution in [0.3, 0.4) is 0 Å². The molecule has 1 amide bonds. The lowest BCUT2D eigenvalue weighted by Gasteiger charge is -2.17. The molecule has 1 aromatic heterocycles. The lowest BCUT2D eigenvalue weighted by atomic mass is 9.98. The number of fused-ring (bicyclic) bond motifs is 1. The Morgan fingerprint density at radius 2 is 1.92 bits per heavy atom. The van der Waals surface area contributed by atoms with Gasteiger partial charge >= 0.3 is 5.76 Å². The van der Waals surface area contributed by atoms with Crippen molar-refractivity contribution in [2.75, 3.05) is 13.1 Å². The van der Waals surface area contributed by atoms with Crippen molar-refractivity contribution in [2.45, 2.75) is 18.9 Å². The molecule has 0 N–H and O–H groups in total. The summed E-state index contributed by atoms with van der Waals surface area (Å²) in [6.07, 6.45) is 0.716. The molecule has 1 atom stereocenters. The Morgan fingerprint density at radius 3 is 2.76 bits per heavy atom. The fourth-order valence-corrected chi connectivity index (χ4v) is 3.45. The van der Waals surface area contributed by atoms with E-state index < -0.39 is 5.76 Å². The number of hydrogen-bond donors (Lipinski definition) is 0. The number of aromatic nitrogens is 1. The highest BCUT2D eigenvalue weighted by Crippen LogP contribution is 2.29. The second kappa shape index (κ2) is 6.20. The second-order valence-electron chi connectivity index (χ2n) is 6.27. The van der Waals surface area contributed by atoms with Crippen molar-refractivity contribution in [3.63, 3.8) is 0 Å². The highest BCUT2D eigenvalue weighted by atomic mass is 19.1. The highest BCUT2D eigenvalue weighted by Gasteiger charge is 2.29. The van der Waals surface area contributed by atoms with E-state index in [-0.39, 0.29) is 24.2 Å². The lowest BCUT2D eigenvalue weighted by molar-refractivity contribution is -0.130. The van der Waals surface area contributed by atoms with Gasteiger partial charge in [0.05, 0.1) is 5.52 Å². The van der Waals surface area contributed by atoms with Gasteiger partial charge in [-0.05, 0) is 30.2 Å². The largest absolute Gasteiger partial charge is 0.420 e. The number of benzene rings is 2. The minimum atomic E-state index is -0.542. The summed E-state index contributed by atoms with van der Waals surface area (Å²) in [5.41, 5.74) is 1.71. The van der Waals surface area contributed by atoms with Crippen LogP contribution in [0.2, 0.25) is 0 Å². The van der Waals surface area contributed by atoms with E-state index in [1.54, 1.807) is 47.4 Å². The molecular weight excluding hydrogens is 323 g/mol. The van der Waals surface area contributed by atoms with Crippen LogP contribution in [0.4, 0.5) is 4.39 Å². The average molecular weight is 340 g/mol. The molecule has 0 unspecified atom stereocenters. The van der Waals surface area contributed by atoms with Gasteiger partial charge in [-0.1, -0.05) is 30.3 Å². The summed E-state index contributed by atoms with van der Waals surface area (Å²) in [5.74, 6) is -0.950. The molecule has 1 fully saturated rings. The third-order valence-electron chi connectivity index (χ3n) is 4.75. The number of halogens is 1. The molecular formula is C19H17FN2O3. The Balaban J connectivity index is 1.52. The zero-order valence-electron chi connectivity index (χ0n) is 13.5. The van der Waals surface area contributed by atoms with Gasteiger partial charge in [-0.2, -0.15) is 0 Å². The van der Waals surface area contributed by atoms with Gasteiger partial charge in [0.1, 0.15) is 12.4 Å². The number of carbonyl (C=O) groups is 1. The Hall–Kier alpha value is -2.89. The standard InChI is InChI=1S/C19H17FN2O3/c20-15-6-2-1-5-14(15)13-9-10-21(11-13)18(23)12-22-16-7-3-4-8-17(16)25-19(22)24/h1-8,13H,9-12H2/t13-/m1/s1. The van der Waals surface area contributed by atoms with Gasteiger partial charge in [0, 0.05) is 19.0 Å².